The van der Waals surface area contributed by atoms with Crippen LogP contribution in [0.1, 0.15) is 57.4 Å². The highest BCUT2D eigenvalue weighted by Crippen LogP contribution is 2.52. The number of nitrogens with zero attached hydrogens (tertiary/aromatic N) is 5. The van der Waals surface area contributed by atoms with Crippen molar-refractivity contribution in [1.29, 1.82) is 0 Å². The smallest absolute Gasteiger partial charge is 0.408 e. The van der Waals surface area contributed by atoms with Crippen LogP contribution in [0, 0.1) is 24.7 Å². The van der Waals surface area contributed by atoms with E-state index in [-0.39, 0.29) is 47.5 Å². The second-order valence-corrected chi connectivity index (χ2v) is 18.0. The molecule has 1 unspecified atom stereocenters. The maximum absolute atomic E-state index is 14.5. The molecule has 3 amide bonds. The fourth-order valence-electron chi connectivity index (χ4n) is 8.74. The molecule has 3 aromatic rings. The number of amides is 3. The minimum absolute atomic E-state index is 0.00561. The van der Waals surface area contributed by atoms with Crippen molar-refractivity contribution in [3.05, 3.63) is 40.4 Å². The molecule has 3 N–H and O–H groups in total. The number of rotatable bonds is 16. The summed E-state index contributed by atoms with van der Waals surface area (Å²) in [6, 6.07) is 2.70. The SMILES string of the molecule is C=C(C)[C@H](NC(=O)OC1C[C@@H]2C[C@@H]2C1)C(=O)N1C[C@H](Oc2cc(Oc3nnc(C)s3)nc3c(Cl)c(OCCN4CCOCC4)ccc23)C[C@H]1C(=O)N[C@]1(C(=O)O)C[C@H]1CC. The molecule has 2 aromatic heterocycles. The Balaban J connectivity index is 1.06. The minimum Gasteiger partial charge on any atom is -0.491 e. The number of likely N-dealkylation sites (tertiary alicyclic amines) is 1. The fraction of sp³-hybridized carbons (Fsp3) is 0.585. The first kappa shape index (κ1) is 41.9. The van der Waals surface area contributed by atoms with Crippen molar-refractivity contribution in [3.63, 3.8) is 0 Å². The lowest BCUT2D eigenvalue weighted by atomic mass is 10.1. The number of hydrogen-bond acceptors (Lipinski definition) is 14. The molecule has 5 fully saturated rings. The van der Waals surface area contributed by atoms with Crippen molar-refractivity contribution in [3.8, 4) is 22.6 Å². The van der Waals surface area contributed by atoms with Crippen molar-refractivity contribution in [1.82, 2.24) is 35.6 Å². The number of pyridine rings is 1. The van der Waals surface area contributed by atoms with Gasteiger partial charge in [-0.25, -0.2) is 14.6 Å². The second-order valence-electron chi connectivity index (χ2n) is 16.5. The number of benzene rings is 1. The third-order valence-electron chi connectivity index (χ3n) is 12.2. The molecule has 8 rings (SSSR count). The largest absolute Gasteiger partial charge is 0.491 e. The first-order valence-corrected chi connectivity index (χ1v) is 21.7. The summed E-state index contributed by atoms with van der Waals surface area (Å²) in [5, 5.41) is 25.4. The highest BCUT2D eigenvalue weighted by molar-refractivity contribution is 7.13. The fourth-order valence-corrected chi connectivity index (χ4v) is 9.54. The Labute approximate surface area is 356 Å². The van der Waals surface area contributed by atoms with Gasteiger partial charge < -0.3 is 44.3 Å². The van der Waals surface area contributed by atoms with Gasteiger partial charge in [0, 0.05) is 37.5 Å². The van der Waals surface area contributed by atoms with Gasteiger partial charge in [-0.3, -0.25) is 14.5 Å². The van der Waals surface area contributed by atoms with E-state index >= 15 is 0 Å². The van der Waals surface area contributed by atoms with Gasteiger partial charge in [0.2, 0.25) is 17.7 Å². The van der Waals surface area contributed by atoms with Crippen molar-refractivity contribution in [2.45, 2.75) is 89.1 Å². The van der Waals surface area contributed by atoms with Gasteiger partial charge in [0.15, 0.2) is 0 Å². The third-order valence-corrected chi connectivity index (χ3v) is 13.3. The van der Waals surface area contributed by atoms with Gasteiger partial charge in [-0.1, -0.05) is 48.0 Å². The summed E-state index contributed by atoms with van der Waals surface area (Å²) in [6.07, 6.45) is 1.82. The number of carbonyl (C=O) groups excluding carboxylic acids is 3. The van der Waals surface area contributed by atoms with E-state index in [0.717, 1.165) is 32.4 Å². The number of halogens is 1. The number of nitrogens with one attached hydrogen (secondary N) is 2. The van der Waals surface area contributed by atoms with Crippen molar-refractivity contribution >= 4 is 57.7 Å². The molecule has 4 heterocycles. The van der Waals surface area contributed by atoms with Crippen LogP contribution < -0.4 is 24.8 Å². The average molecular weight is 868 g/mol. The molecule has 0 bridgehead atoms. The Bertz CT molecular complexity index is 2160. The van der Waals surface area contributed by atoms with Crippen molar-refractivity contribution in [2.75, 3.05) is 46.0 Å². The molecule has 8 atom stereocenters. The molecule has 0 radical (unpaired) electrons. The number of aromatic nitrogens is 3. The topological polar surface area (TPSA) is 204 Å². The molecule has 60 heavy (non-hydrogen) atoms. The number of carbonyl (C=O) groups is 4. The summed E-state index contributed by atoms with van der Waals surface area (Å²) in [4.78, 5) is 62.5. The molecule has 5 aliphatic rings. The van der Waals surface area contributed by atoms with Gasteiger partial charge in [0.1, 0.15) is 63.5 Å². The number of morpholine rings is 1. The predicted octanol–water partition coefficient (Wildman–Crippen LogP) is 4.74. The molecule has 19 heteroatoms. The molecule has 17 nitrogen and oxygen atoms in total. The Morgan fingerprint density at radius 3 is 2.53 bits per heavy atom. The number of ether oxygens (including phenoxy) is 5. The van der Waals surface area contributed by atoms with E-state index in [4.69, 9.17) is 40.3 Å². The van der Waals surface area contributed by atoms with Gasteiger partial charge in [-0.2, -0.15) is 0 Å². The van der Waals surface area contributed by atoms with Gasteiger partial charge in [0.25, 0.3) is 0 Å². The van der Waals surface area contributed by atoms with E-state index in [9.17, 15) is 24.3 Å². The summed E-state index contributed by atoms with van der Waals surface area (Å²) in [6.45, 7) is 13.2. The third kappa shape index (κ3) is 8.97. The van der Waals surface area contributed by atoms with Crippen LogP contribution in [0.3, 0.4) is 0 Å². The number of alkyl carbamates (subject to hydrolysis) is 1. The summed E-state index contributed by atoms with van der Waals surface area (Å²) >= 11 is 8.21. The van der Waals surface area contributed by atoms with Crippen molar-refractivity contribution < 1.29 is 48.0 Å². The standard InChI is InChI=1S/C41H50ClN7O10S/c1-5-25-19-41(25,38(52)53)45-36(50)29-17-27(20-49(29)37(51)34(21(2)3)44-39(54)58-26-15-23-14-24(23)16-26)57-31-18-32(59-40-47-46-22(4)60-40)43-35-28(31)6-7-30(33(35)42)56-13-10-48-8-11-55-12-9-48/h6-7,18,23-27,29,34H,2,5,8-17,19-20H2,1,3-4H3,(H,44,54)(H,45,50)(H,52,53)/t23-,24+,25-,26?,27-,29+,34+,41-/m1/s1. The Kier molecular flexibility index (Phi) is 12.1. The Morgan fingerprint density at radius 1 is 1.10 bits per heavy atom. The number of fused-ring (bicyclic) bond motifs is 2. The first-order chi connectivity index (χ1) is 28.8. The summed E-state index contributed by atoms with van der Waals surface area (Å²) in [7, 11) is 0. The molecule has 1 aromatic carbocycles. The maximum Gasteiger partial charge on any atom is 0.408 e. The molecular formula is C41H50ClN7O10S. The van der Waals surface area contributed by atoms with Gasteiger partial charge >= 0.3 is 17.3 Å². The Morgan fingerprint density at radius 2 is 1.87 bits per heavy atom. The zero-order chi connectivity index (χ0) is 42.3. The maximum atomic E-state index is 14.5. The van der Waals surface area contributed by atoms with E-state index < -0.39 is 47.6 Å². The molecule has 322 valence electrons. The molecule has 3 aliphatic carbocycles. The van der Waals surface area contributed by atoms with Gasteiger partial charge in [-0.05, 0) is 75.0 Å². The van der Waals surface area contributed by atoms with E-state index in [0.29, 0.717) is 77.6 Å². The van der Waals surface area contributed by atoms with Crippen LogP contribution in [0.15, 0.2) is 30.4 Å². The molecule has 2 saturated heterocycles. The zero-order valence-electron chi connectivity index (χ0n) is 33.8. The lowest BCUT2D eigenvalue weighted by Crippen LogP contribution is -2.56. The van der Waals surface area contributed by atoms with Crippen LogP contribution in [0.5, 0.6) is 22.6 Å². The van der Waals surface area contributed by atoms with Crippen LogP contribution in [-0.2, 0) is 23.9 Å². The molecule has 2 aliphatic heterocycles. The molecule has 0 spiro atoms. The van der Waals surface area contributed by atoms with E-state index in [2.05, 4.69) is 32.3 Å². The van der Waals surface area contributed by atoms with Crippen molar-refractivity contribution in [2.24, 2.45) is 17.8 Å². The summed E-state index contributed by atoms with van der Waals surface area (Å²) in [5.41, 5.74) is -0.787. The highest BCUT2D eigenvalue weighted by atomic mass is 35.5. The van der Waals surface area contributed by atoms with Crippen LogP contribution in [0.2, 0.25) is 5.02 Å². The van der Waals surface area contributed by atoms with E-state index in [1.807, 2.05) is 6.92 Å². The number of carboxylic acids is 1. The number of aryl methyl sites for hydroxylation is 1. The zero-order valence-corrected chi connectivity index (χ0v) is 35.4. The summed E-state index contributed by atoms with van der Waals surface area (Å²) in [5.74, 6) is -0.664. The van der Waals surface area contributed by atoms with Gasteiger partial charge in [0.05, 0.1) is 19.8 Å². The quantitative estimate of drug-likeness (QED) is 0.167. The van der Waals surface area contributed by atoms with Gasteiger partial charge in [-0.15, -0.1) is 5.10 Å². The monoisotopic (exact) mass is 867 g/mol. The number of carboxylic acid groups (broad SMARTS) is 1. The lowest BCUT2D eigenvalue weighted by molar-refractivity contribution is -0.145. The van der Waals surface area contributed by atoms with E-state index in [1.54, 1.807) is 32.0 Å². The molecular weight excluding hydrogens is 818 g/mol. The first-order valence-electron chi connectivity index (χ1n) is 20.5. The predicted molar refractivity (Wildman–Crippen MR) is 219 cm³/mol. The second kappa shape index (κ2) is 17.3. The lowest BCUT2D eigenvalue weighted by Gasteiger charge is -2.29. The molecule has 3 saturated carbocycles. The Hall–Kier alpha value is -4.78. The van der Waals surface area contributed by atoms with Crippen LogP contribution in [-0.4, -0.2) is 130 Å². The van der Waals surface area contributed by atoms with E-state index in [1.165, 1.54) is 16.2 Å². The average Bonchev–Trinajstić information content (AvgIpc) is 3.92. The number of aliphatic carboxylic acids is 1. The normalized spacial score (nSPS) is 27.4. The summed E-state index contributed by atoms with van der Waals surface area (Å²) < 4.78 is 29.9. The van der Waals surface area contributed by atoms with Crippen LogP contribution in [0.4, 0.5) is 4.79 Å². The minimum atomic E-state index is -1.44. The number of hydrogen-bond donors (Lipinski definition) is 3. The van der Waals surface area contributed by atoms with Crippen LogP contribution in [0.25, 0.3) is 10.9 Å². The van der Waals surface area contributed by atoms with Crippen LogP contribution >= 0.6 is 22.9 Å². The highest BCUT2D eigenvalue weighted by Gasteiger charge is 2.61.